The number of hydrogen-bond acceptors (Lipinski definition) is 7. The number of amides is 1. The molecule has 0 unspecified atom stereocenters. The maximum Gasteiger partial charge on any atom is 0.270 e. The van der Waals surface area contributed by atoms with Gasteiger partial charge in [0.15, 0.2) is 5.13 Å². The van der Waals surface area contributed by atoms with Crippen LogP contribution in [0.15, 0.2) is 72.9 Å². The Bertz CT molecular complexity index is 1300. The summed E-state index contributed by atoms with van der Waals surface area (Å²) in [4.78, 5) is 34.2. The monoisotopic (exact) mass is 446 g/mol. The van der Waals surface area contributed by atoms with Gasteiger partial charge < -0.3 is 4.74 Å². The third kappa shape index (κ3) is 4.79. The number of benzene rings is 2. The van der Waals surface area contributed by atoms with E-state index in [1.54, 1.807) is 31.5 Å². The summed E-state index contributed by atoms with van der Waals surface area (Å²) in [5.41, 5.74) is 1.96. The molecule has 2 aromatic carbocycles. The number of methoxy groups -OCH3 is 1. The van der Waals surface area contributed by atoms with Crippen LogP contribution in [-0.2, 0) is 11.3 Å². The lowest BCUT2D eigenvalue weighted by Crippen LogP contribution is -2.29. The minimum atomic E-state index is -0.470. The number of non-ortho nitro benzene ring substituents is 1. The van der Waals surface area contributed by atoms with Crippen molar-refractivity contribution >= 4 is 44.4 Å². The van der Waals surface area contributed by atoms with E-state index in [0.717, 1.165) is 10.2 Å². The molecule has 0 radical (unpaired) electrons. The van der Waals surface area contributed by atoms with Gasteiger partial charge in [-0.1, -0.05) is 29.5 Å². The molecule has 8 nitrogen and oxygen atoms in total. The van der Waals surface area contributed by atoms with E-state index in [-0.39, 0.29) is 18.1 Å². The Balaban J connectivity index is 1.67. The second kappa shape index (κ2) is 9.36. The van der Waals surface area contributed by atoms with Gasteiger partial charge in [-0.05, 0) is 35.9 Å². The molecule has 4 aromatic rings. The lowest BCUT2D eigenvalue weighted by Gasteiger charge is -2.17. The van der Waals surface area contributed by atoms with E-state index in [0.29, 0.717) is 22.1 Å². The van der Waals surface area contributed by atoms with Crippen LogP contribution in [0.4, 0.5) is 10.8 Å². The molecule has 32 heavy (non-hydrogen) atoms. The molecule has 0 fully saturated rings. The van der Waals surface area contributed by atoms with Crippen molar-refractivity contribution in [2.24, 2.45) is 0 Å². The molecular formula is C23H18N4O4S. The number of rotatable bonds is 7. The highest BCUT2D eigenvalue weighted by molar-refractivity contribution is 7.22. The van der Waals surface area contributed by atoms with Crippen molar-refractivity contribution in [2.75, 3.05) is 12.0 Å². The van der Waals surface area contributed by atoms with Crippen LogP contribution < -0.4 is 9.64 Å². The van der Waals surface area contributed by atoms with Gasteiger partial charge in [0.25, 0.3) is 11.6 Å². The fourth-order valence-corrected chi connectivity index (χ4v) is 3.98. The van der Waals surface area contributed by atoms with Gasteiger partial charge in [-0.3, -0.25) is 24.8 Å². The number of ether oxygens (including phenoxy) is 1. The number of nitro benzene ring substituents is 1. The molecule has 0 bridgehead atoms. The molecule has 0 N–H and O–H groups in total. The van der Waals surface area contributed by atoms with Crippen molar-refractivity contribution in [3.05, 3.63) is 94.3 Å². The quantitative estimate of drug-likeness (QED) is 0.229. The molecule has 0 atom stereocenters. The van der Waals surface area contributed by atoms with Gasteiger partial charge in [0, 0.05) is 30.5 Å². The van der Waals surface area contributed by atoms with E-state index < -0.39 is 4.92 Å². The van der Waals surface area contributed by atoms with Crippen LogP contribution in [0, 0.1) is 10.1 Å². The molecule has 0 aliphatic heterocycles. The highest BCUT2D eigenvalue weighted by atomic mass is 32.1. The largest absolute Gasteiger partial charge is 0.497 e. The third-order valence-electron chi connectivity index (χ3n) is 4.63. The highest BCUT2D eigenvalue weighted by Crippen LogP contribution is 2.32. The van der Waals surface area contributed by atoms with E-state index in [4.69, 9.17) is 4.74 Å². The summed E-state index contributed by atoms with van der Waals surface area (Å²) in [7, 11) is 1.59. The summed E-state index contributed by atoms with van der Waals surface area (Å²) in [6.45, 7) is 0.232. The zero-order valence-corrected chi connectivity index (χ0v) is 17.9. The Morgan fingerprint density at radius 1 is 1.19 bits per heavy atom. The van der Waals surface area contributed by atoms with Crippen LogP contribution in [0.1, 0.15) is 11.3 Å². The predicted molar refractivity (Wildman–Crippen MR) is 124 cm³/mol. The van der Waals surface area contributed by atoms with Gasteiger partial charge in [-0.15, -0.1) is 0 Å². The third-order valence-corrected chi connectivity index (χ3v) is 5.69. The van der Waals surface area contributed by atoms with E-state index in [1.807, 2.05) is 36.4 Å². The van der Waals surface area contributed by atoms with Crippen LogP contribution in [0.25, 0.3) is 16.3 Å². The summed E-state index contributed by atoms with van der Waals surface area (Å²) in [6, 6.07) is 17.2. The molecule has 0 spiro atoms. The van der Waals surface area contributed by atoms with Crippen LogP contribution in [-0.4, -0.2) is 27.9 Å². The molecule has 9 heteroatoms. The van der Waals surface area contributed by atoms with E-state index >= 15 is 0 Å². The van der Waals surface area contributed by atoms with Crippen molar-refractivity contribution in [2.45, 2.75) is 6.54 Å². The number of carbonyl (C=O) groups is 1. The van der Waals surface area contributed by atoms with Crippen molar-refractivity contribution in [1.82, 2.24) is 9.97 Å². The number of aromatic nitrogens is 2. The first kappa shape index (κ1) is 21.1. The Hall–Kier alpha value is -4.11. The number of nitro groups is 1. The molecule has 4 rings (SSSR count). The number of anilines is 1. The first-order valence-corrected chi connectivity index (χ1v) is 10.4. The van der Waals surface area contributed by atoms with Gasteiger partial charge in [0.2, 0.25) is 0 Å². The van der Waals surface area contributed by atoms with Crippen molar-refractivity contribution in [1.29, 1.82) is 0 Å². The Morgan fingerprint density at radius 2 is 2.06 bits per heavy atom. The van der Waals surface area contributed by atoms with Crippen LogP contribution in [0.5, 0.6) is 5.75 Å². The van der Waals surface area contributed by atoms with E-state index in [2.05, 4.69) is 9.97 Å². The second-order valence-electron chi connectivity index (χ2n) is 6.76. The van der Waals surface area contributed by atoms with E-state index in [1.165, 1.54) is 34.4 Å². The number of nitrogens with zero attached hydrogens (tertiary/aromatic N) is 4. The zero-order valence-electron chi connectivity index (χ0n) is 17.0. The van der Waals surface area contributed by atoms with Gasteiger partial charge in [-0.25, -0.2) is 4.98 Å². The smallest absolute Gasteiger partial charge is 0.270 e. The normalized spacial score (nSPS) is 11.0. The van der Waals surface area contributed by atoms with E-state index in [9.17, 15) is 14.9 Å². The average Bonchev–Trinajstić information content (AvgIpc) is 3.24. The molecular weight excluding hydrogens is 428 g/mol. The van der Waals surface area contributed by atoms with Crippen LogP contribution in [0.3, 0.4) is 0 Å². The fraction of sp³-hybridized carbons (Fsp3) is 0.0870. The molecule has 2 heterocycles. The summed E-state index contributed by atoms with van der Waals surface area (Å²) >= 11 is 1.39. The first-order valence-electron chi connectivity index (χ1n) is 9.62. The van der Waals surface area contributed by atoms with Crippen LogP contribution in [0.2, 0.25) is 0 Å². The Labute approximate surface area is 187 Å². The topological polar surface area (TPSA) is 98.5 Å². The van der Waals surface area contributed by atoms with Crippen molar-refractivity contribution < 1.29 is 14.5 Å². The summed E-state index contributed by atoms with van der Waals surface area (Å²) in [6.07, 6.45) is 4.60. The summed E-state index contributed by atoms with van der Waals surface area (Å²) in [5, 5.41) is 11.5. The minimum absolute atomic E-state index is 0.0370. The van der Waals surface area contributed by atoms with Gasteiger partial charge in [0.05, 0.1) is 34.5 Å². The predicted octanol–water partition coefficient (Wildman–Crippen LogP) is 4.85. The molecule has 0 saturated carbocycles. The molecule has 0 aliphatic carbocycles. The molecule has 1 amide bonds. The lowest BCUT2D eigenvalue weighted by atomic mass is 10.2. The summed E-state index contributed by atoms with van der Waals surface area (Å²) < 4.78 is 6.18. The zero-order chi connectivity index (χ0) is 22.5. The number of carbonyl (C=O) groups excluding carboxylic acids is 1. The molecule has 0 aliphatic rings. The summed E-state index contributed by atoms with van der Waals surface area (Å²) in [5.74, 6) is 0.371. The molecule has 0 saturated heterocycles. The van der Waals surface area contributed by atoms with Gasteiger partial charge in [0.1, 0.15) is 5.75 Å². The van der Waals surface area contributed by atoms with Crippen molar-refractivity contribution in [3.8, 4) is 5.75 Å². The highest BCUT2D eigenvalue weighted by Gasteiger charge is 2.19. The minimum Gasteiger partial charge on any atom is -0.497 e. The Kier molecular flexibility index (Phi) is 6.18. The SMILES string of the molecule is COc1ccc2sc(N(Cc3ccccn3)C(=O)/C=C/c3cccc([N+](=O)[O-])c3)nc2c1. The van der Waals surface area contributed by atoms with Gasteiger partial charge in [-0.2, -0.15) is 0 Å². The molecule has 160 valence electrons. The first-order chi connectivity index (χ1) is 15.5. The Morgan fingerprint density at radius 3 is 2.81 bits per heavy atom. The second-order valence-corrected chi connectivity index (χ2v) is 7.77. The lowest BCUT2D eigenvalue weighted by molar-refractivity contribution is -0.384. The number of thiazole rings is 1. The maximum absolute atomic E-state index is 13.2. The fourth-order valence-electron chi connectivity index (χ4n) is 3.03. The average molecular weight is 446 g/mol. The molecule has 2 aromatic heterocycles. The van der Waals surface area contributed by atoms with Crippen LogP contribution >= 0.6 is 11.3 Å². The number of fused-ring (bicyclic) bond motifs is 1. The van der Waals surface area contributed by atoms with Crippen molar-refractivity contribution in [3.63, 3.8) is 0 Å². The van der Waals surface area contributed by atoms with Gasteiger partial charge >= 0.3 is 0 Å². The maximum atomic E-state index is 13.2. The standard InChI is InChI=1S/C23H18N4O4S/c1-31-19-9-10-21-20(14-19)25-23(32-21)26(15-17-6-2-3-12-24-17)22(28)11-8-16-5-4-7-18(13-16)27(29)30/h2-14H,15H2,1H3/b11-8+. The number of hydrogen-bond donors (Lipinski definition) is 0. The number of pyridine rings is 1.